The van der Waals surface area contributed by atoms with Gasteiger partial charge in [-0.3, -0.25) is 4.99 Å². The second kappa shape index (κ2) is 3.23. The zero-order valence-electron chi connectivity index (χ0n) is 6.50. The van der Waals surface area contributed by atoms with Crippen LogP contribution in [0.25, 0.3) is 0 Å². The first-order chi connectivity index (χ1) is 5.24. The Balaban J connectivity index is 3.12. The predicted molar refractivity (Wildman–Crippen MR) is 42.8 cm³/mol. The van der Waals surface area contributed by atoms with Crippen LogP contribution in [0.4, 0.5) is 10.1 Å². The summed E-state index contributed by atoms with van der Waals surface area (Å²) < 4.78 is 12.5. The largest absolute Gasteiger partial charge is 0.261 e. The molecular formula is C8H9FN2. The lowest BCUT2D eigenvalue weighted by atomic mass is 10.3. The zero-order chi connectivity index (χ0) is 8.27. The molecule has 0 spiro atoms. The highest BCUT2D eigenvalue weighted by Gasteiger charge is 1.97. The minimum atomic E-state index is -0.490. The number of aromatic nitrogens is 1. The Labute approximate surface area is 64.8 Å². The van der Waals surface area contributed by atoms with Crippen molar-refractivity contribution in [2.45, 2.75) is 13.8 Å². The molecule has 1 rings (SSSR count). The molecule has 0 bridgehead atoms. The second-order valence-electron chi connectivity index (χ2n) is 2.18. The van der Waals surface area contributed by atoms with Gasteiger partial charge in [0, 0.05) is 18.5 Å². The topological polar surface area (TPSA) is 25.2 Å². The zero-order valence-corrected chi connectivity index (χ0v) is 6.50. The summed E-state index contributed by atoms with van der Waals surface area (Å²) in [6.45, 7) is 3.63. The van der Waals surface area contributed by atoms with E-state index in [-0.39, 0.29) is 0 Å². The summed E-state index contributed by atoms with van der Waals surface area (Å²) in [4.78, 5) is 7.44. The Hall–Kier alpha value is -1.25. The van der Waals surface area contributed by atoms with E-state index in [0.717, 1.165) is 5.56 Å². The first-order valence-corrected chi connectivity index (χ1v) is 3.35. The highest BCUT2D eigenvalue weighted by atomic mass is 19.1. The van der Waals surface area contributed by atoms with E-state index < -0.39 is 5.95 Å². The van der Waals surface area contributed by atoms with Gasteiger partial charge in [0.25, 0.3) is 0 Å². The summed E-state index contributed by atoms with van der Waals surface area (Å²) in [5, 5.41) is 0. The summed E-state index contributed by atoms with van der Waals surface area (Å²) in [5.41, 5.74) is 1.52. The molecule has 0 aliphatic rings. The summed E-state index contributed by atoms with van der Waals surface area (Å²) in [6, 6.07) is 1.31. The van der Waals surface area contributed by atoms with Crippen molar-refractivity contribution in [1.82, 2.24) is 4.98 Å². The number of rotatable bonds is 1. The van der Waals surface area contributed by atoms with Crippen LogP contribution >= 0.6 is 0 Å². The second-order valence-corrected chi connectivity index (χ2v) is 2.18. The van der Waals surface area contributed by atoms with Crippen LogP contribution < -0.4 is 0 Å². The summed E-state index contributed by atoms with van der Waals surface area (Å²) >= 11 is 0. The molecule has 0 fully saturated rings. The average Bonchev–Trinajstić information content (AvgIpc) is 1.98. The average molecular weight is 152 g/mol. The van der Waals surface area contributed by atoms with Gasteiger partial charge in [-0.1, -0.05) is 0 Å². The predicted octanol–water partition coefficient (Wildman–Crippen LogP) is 2.25. The molecule has 2 nitrogen and oxygen atoms in total. The van der Waals surface area contributed by atoms with Gasteiger partial charge in [0.2, 0.25) is 5.95 Å². The lowest BCUT2D eigenvalue weighted by Gasteiger charge is -1.96. The number of halogens is 1. The first-order valence-electron chi connectivity index (χ1n) is 3.35. The van der Waals surface area contributed by atoms with E-state index in [4.69, 9.17) is 0 Å². The maximum absolute atomic E-state index is 12.5. The van der Waals surface area contributed by atoms with Gasteiger partial charge in [-0.05, 0) is 19.4 Å². The summed E-state index contributed by atoms with van der Waals surface area (Å²) in [5.74, 6) is -0.490. The monoisotopic (exact) mass is 152 g/mol. The highest BCUT2D eigenvalue weighted by Crippen LogP contribution is 2.16. The molecule has 0 unspecified atom stereocenters. The van der Waals surface area contributed by atoms with Crippen LogP contribution in [0.3, 0.4) is 0 Å². The molecule has 1 aromatic heterocycles. The lowest BCUT2D eigenvalue weighted by Crippen LogP contribution is -1.83. The Morgan fingerprint density at radius 2 is 2.36 bits per heavy atom. The summed E-state index contributed by atoms with van der Waals surface area (Å²) in [6.07, 6.45) is 3.10. The van der Waals surface area contributed by atoms with Crippen molar-refractivity contribution in [2.24, 2.45) is 4.99 Å². The molecule has 0 aromatic carbocycles. The van der Waals surface area contributed by atoms with Crippen LogP contribution in [-0.4, -0.2) is 11.2 Å². The quantitative estimate of drug-likeness (QED) is 0.447. The molecule has 0 saturated carbocycles. The van der Waals surface area contributed by atoms with E-state index in [0.29, 0.717) is 5.69 Å². The number of aliphatic imine (C=N–C) groups is 1. The van der Waals surface area contributed by atoms with E-state index in [9.17, 15) is 4.39 Å². The normalized spacial score (nSPS) is 10.8. The van der Waals surface area contributed by atoms with Crippen LogP contribution in [0.5, 0.6) is 0 Å². The molecule has 0 aliphatic carbocycles. The molecule has 1 aromatic rings. The maximum Gasteiger partial charge on any atom is 0.214 e. The maximum atomic E-state index is 12.5. The van der Waals surface area contributed by atoms with Crippen LogP contribution in [0.15, 0.2) is 17.3 Å². The van der Waals surface area contributed by atoms with Crippen LogP contribution in [0, 0.1) is 12.9 Å². The first kappa shape index (κ1) is 7.85. The molecule has 0 N–H and O–H groups in total. The van der Waals surface area contributed by atoms with Crippen molar-refractivity contribution in [3.8, 4) is 0 Å². The molecule has 11 heavy (non-hydrogen) atoms. The number of aryl methyl sites for hydroxylation is 1. The van der Waals surface area contributed by atoms with E-state index >= 15 is 0 Å². The highest BCUT2D eigenvalue weighted by molar-refractivity contribution is 5.61. The van der Waals surface area contributed by atoms with E-state index in [1.165, 1.54) is 12.3 Å². The SMILES string of the molecule is CC=Nc1cc(F)ncc1C. The van der Waals surface area contributed by atoms with Crippen molar-refractivity contribution in [2.75, 3.05) is 0 Å². The molecule has 0 amide bonds. The van der Waals surface area contributed by atoms with Crippen LogP contribution in [0.2, 0.25) is 0 Å². The van der Waals surface area contributed by atoms with Crippen molar-refractivity contribution in [1.29, 1.82) is 0 Å². The molecular weight excluding hydrogens is 143 g/mol. The number of nitrogens with zero attached hydrogens (tertiary/aromatic N) is 2. The fraction of sp³-hybridized carbons (Fsp3) is 0.250. The number of hydrogen-bond donors (Lipinski definition) is 0. The van der Waals surface area contributed by atoms with Gasteiger partial charge in [-0.15, -0.1) is 0 Å². The van der Waals surface area contributed by atoms with Gasteiger partial charge in [-0.2, -0.15) is 4.39 Å². The fourth-order valence-corrected chi connectivity index (χ4v) is 0.767. The third kappa shape index (κ3) is 1.83. The third-order valence-corrected chi connectivity index (χ3v) is 1.31. The van der Waals surface area contributed by atoms with Crippen molar-refractivity contribution in [3.63, 3.8) is 0 Å². The summed E-state index contributed by atoms with van der Waals surface area (Å²) in [7, 11) is 0. The van der Waals surface area contributed by atoms with Gasteiger partial charge in [-0.25, -0.2) is 4.98 Å². The fourth-order valence-electron chi connectivity index (χ4n) is 0.767. The van der Waals surface area contributed by atoms with Crippen LogP contribution in [-0.2, 0) is 0 Å². The third-order valence-electron chi connectivity index (χ3n) is 1.31. The van der Waals surface area contributed by atoms with E-state index in [2.05, 4.69) is 9.98 Å². The Morgan fingerprint density at radius 1 is 1.64 bits per heavy atom. The smallest absolute Gasteiger partial charge is 0.214 e. The number of hydrogen-bond acceptors (Lipinski definition) is 2. The lowest BCUT2D eigenvalue weighted by molar-refractivity contribution is 0.583. The van der Waals surface area contributed by atoms with Crippen LogP contribution in [0.1, 0.15) is 12.5 Å². The molecule has 58 valence electrons. The molecule has 1 heterocycles. The van der Waals surface area contributed by atoms with Gasteiger partial charge in [0.1, 0.15) is 0 Å². The molecule has 3 heteroatoms. The minimum absolute atomic E-state index is 0.490. The molecule has 0 saturated heterocycles. The molecule has 0 atom stereocenters. The Bertz CT molecular complexity index is 281. The van der Waals surface area contributed by atoms with E-state index in [1.807, 2.05) is 6.92 Å². The van der Waals surface area contributed by atoms with Gasteiger partial charge in [0.15, 0.2) is 0 Å². The minimum Gasteiger partial charge on any atom is -0.261 e. The molecule has 0 aliphatic heterocycles. The van der Waals surface area contributed by atoms with E-state index in [1.54, 1.807) is 13.1 Å². The Kier molecular flexibility index (Phi) is 2.31. The standard InChI is InChI=1S/C8H9FN2/c1-3-10-7-4-8(9)11-5-6(7)2/h3-5H,1-2H3. The van der Waals surface area contributed by atoms with Gasteiger partial charge in [0.05, 0.1) is 5.69 Å². The molecule has 0 radical (unpaired) electrons. The van der Waals surface area contributed by atoms with Crippen molar-refractivity contribution < 1.29 is 4.39 Å². The van der Waals surface area contributed by atoms with Gasteiger partial charge < -0.3 is 0 Å². The van der Waals surface area contributed by atoms with Crippen molar-refractivity contribution in [3.05, 3.63) is 23.8 Å². The number of pyridine rings is 1. The Morgan fingerprint density at radius 3 is 3.00 bits per heavy atom. The van der Waals surface area contributed by atoms with Gasteiger partial charge >= 0.3 is 0 Å². The van der Waals surface area contributed by atoms with Crippen molar-refractivity contribution >= 4 is 11.9 Å².